The van der Waals surface area contributed by atoms with Crippen LogP contribution in [0, 0.1) is 5.92 Å². The predicted molar refractivity (Wildman–Crippen MR) is 94.0 cm³/mol. The quantitative estimate of drug-likeness (QED) is 0.871. The van der Waals surface area contributed by atoms with Gasteiger partial charge in [-0.05, 0) is 29.2 Å². The zero-order chi connectivity index (χ0) is 14.7. The molecular formula is C18H20N2S. The summed E-state index contributed by atoms with van der Waals surface area (Å²) in [5.74, 6) is 1.69. The Morgan fingerprint density at radius 1 is 1.00 bits per heavy atom. The van der Waals surface area contributed by atoms with Crippen molar-refractivity contribution in [2.75, 3.05) is 11.1 Å². The van der Waals surface area contributed by atoms with E-state index in [0.717, 1.165) is 16.6 Å². The Kier molecular flexibility index (Phi) is 4.30. The first-order valence-electron chi connectivity index (χ1n) is 7.35. The maximum Gasteiger partial charge on any atom is 0.161 e. The number of hydrogen-bond donors (Lipinski definition) is 1. The summed E-state index contributed by atoms with van der Waals surface area (Å²) >= 11 is 1.81. The van der Waals surface area contributed by atoms with Gasteiger partial charge >= 0.3 is 0 Å². The van der Waals surface area contributed by atoms with Crippen LogP contribution in [-0.2, 0) is 0 Å². The third kappa shape index (κ3) is 3.48. The standard InChI is InChI=1S/C18H20N2S/c1-13(2)17-12-21-18(20-17)19-16-10-8-15(9-11-16)14-6-4-3-5-7-14/h3-11,13,17H,12H2,1-2H3,(H,19,20). The highest BCUT2D eigenvalue weighted by Crippen LogP contribution is 2.26. The second-order valence-corrected chi connectivity index (χ2v) is 6.63. The number of hydrogen-bond acceptors (Lipinski definition) is 3. The van der Waals surface area contributed by atoms with E-state index in [1.165, 1.54) is 11.1 Å². The molecule has 0 aromatic heterocycles. The number of amidine groups is 1. The van der Waals surface area contributed by atoms with Crippen LogP contribution in [0.3, 0.4) is 0 Å². The number of benzene rings is 2. The molecule has 3 rings (SSSR count). The van der Waals surface area contributed by atoms with Crippen molar-refractivity contribution in [3.05, 3.63) is 54.6 Å². The molecule has 1 atom stereocenters. The highest BCUT2D eigenvalue weighted by molar-refractivity contribution is 8.14. The molecule has 0 fully saturated rings. The van der Waals surface area contributed by atoms with E-state index in [-0.39, 0.29) is 0 Å². The van der Waals surface area contributed by atoms with E-state index in [1.54, 1.807) is 0 Å². The van der Waals surface area contributed by atoms with E-state index in [2.05, 4.69) is 67.7 Å². The topological polar surface area (TPSA) is 24.4 Å². The average Bonchev–Trinajstić information content (AvgIpc) is 2.98. The molecule has 1 unspecified atom stereocenters. The lowest BCUT2D eigenvalue weighted by molar-refractivity contribution is 0.543. The first-order chi connectivity index (χ1) is 10.2. The van der Waals surface area contributed by atoms with Gasteiger partial charge in [0.05, 0.1) is 6.04 Å². The minimum Gasteiger partial charge on any atom is -0.335 e. The number of anilines is 1. The van der Waals surface area contributed by atoms with Gasteiger partial charge in [-0.2, -0.15) is 0 Å². The summed E-state index contributed by atoms with van der Waals surface area (Å²) < 4.78 is 0. The Hall–Kier alpha value is -1.74. The molecule has 3 heteroatoms. The Bertz CT molecular complexity index is 617. The SMILES string of the molecule is CC(C)C1CSC(Nc2ccc(-c3ccccc3)cc2)=N1. The van der Waals surface area contributed by atoms with Gasteiger partial charge in [-0.1, -0.05) is 68.1 Å². The zero-order valence-electron chi connectivity index (χ0n) is 12.4. The van der Waals surface area contributed by atoms with Crippen molar-refractivity contribution >= 4 is 22.6 Å². The third-order valence-electron chi connectivity index (χ3n) is 3.69. The summed E-state index contributed by atoms with van der Waals surface area (Å²) in [4.78, 5) is 4.73. The molecule has 1 aliphatic heterocycles. The van der Waals surface area contributed by atoms with Crippen LogP contribution in [0.4, 0.5) is 5.69 Å². The van der Waals surface area contributed by atoms with Crippen molar-refractivity contribution in [3.63, 3.8) is 0 Å². The maximum atomic E-state index is 4.73. The molecule has 0 spiro atoms. The first-order valence-corrected chi connectivity index (χ1v) is 8.34. The number of aliphatic imine (C=N–C) groups is 1. The molecule has 1 N–H and O–H groups in total. The number of nitrogens with one attached hydrogen (secondary N) is 1. The van der Waals surface area contributed by atoms with E-state index in [0.29, 0.717) is 12.0 Å². The van der Waals surface area contributed by atoms with Crippen LogP contribution in [0.25, 0.3) is 11.1 Å². The van der Waals surface area contributed by atoms with Crippen LogP contribution in [0.15, 0.2) is 59.6 Å². The second-order valence-electron chi connectivity index (χ2n) is 5.62. The van der Waals surface area contributed by atoms with Gasteiger partial charge < -0.3 is 5.32 Å². The van der Waals surface area contributed by atoms with Crippen molar-refractivity contribution in [2.45, 2.75) is 19.9 Å². The van der Waals surface area contributed by atoms with Crippen molar-refractivity contribution < 1.29 is 0 Å². The normalized spacial score (nSPS) is 17.9. The second kappa shape index (κ2) is 6.35. The van der Waals surface area contributed by atoms with Gasteiger partial charge in [0.15, 0.2) is 5.17 Å². The molecule has 2 aromatic carbocycles. The Morgan fingerprint density at radius 3 is 2.29 bits per heavy atom. The average molecular weight is 296 g/mol. The summed E-state index contributed by atoms with van der Waals surface area (Å²) in [6, 6.07) is 19.4. The Labute approximate surface area is 130 Å². The smallest absolute Gasteiger partial charge is 0.161 e. The van der Waals surface area contributed by atoms with Gasteiger partial charge in [0.1, 0.15) is 0 Å². The minimum atomic E-state index is 0.445. The first kappa shape index (κ1) is 14.2. The molecular weight excluding hydrogens is 276 g/mol. The van der Waals surface area contributed by atoms with Crippen LogP contribution in [0.2, 0.25) is 0 Å². The molecule has 1 heterocycles. The van der Waals surface area contributed by atoms with Gasteiger partial charge in [-0.15, -0.1) is 0 Å². The monoisotopic (exact) mass is 296 g/mol. The molecule has 0 radical (unpaired) electrons. The van der Waals surface area contributed by atoms with Gasteiger partial charge in [-0.3, -0.25) is 4.99 Å². The highest BCUT2D eigenvalue weighted by Gasteiger charge is 2.20. The third-order valence-corrected chi connectivity index (χ3v) is 4.68. The van der Waals surface area contributed by atoms with Crippen LogP contribution >= 0.6 is 11.8 Å². The molecule has 2 nitrogen and oxygen atoms in total. The van der Waals surface area contributed by atoms with E-state index >= 15 is 0 Å². The maximum absolute atomic E-state index is 4.73. The molecule has 1 aliphatic rings. The predicted octanol–water partition coefficient (Wildman–Crippen LogP) is 4.89. The fraction of sp³-hybridized carbons (Fsp3) is 0.278. The van der Waals surface area contributed by atoms with Gasteiger partial charge in [-0.25, -0.2) is 0 Å². The van der Waals surface area contributed by atoms with Crippen molar-refractivity contribution in [3.8, 4) is 11.1 Å². The lowest BCUT2D eigenvalue weighted by Crippen LogP contribution is -2.12. The molecule has 0 saturated heterocycles. The molecule has 0 amide bonds. The summed E-state index contributed by atoms with van der Waals surface area (Å²) in [7, 11) is 0. The lowest BCUT2D eigenvalue weighted by atomic mass is 10.1. The van der Waals surface area contributed by atoms with E-state index in [1.807, 2.05) is 17.8 Å². The molecule has 108 valence electrons. The summed E-state index contributed by atoms with van der Waals surface area (Å²) in [5.41, 5.74) is 3.59. The van der Waals surface area contributed by atoms with Crippen molar-refractivity contribution in [2.24, 2.45) is 10.9 Å². The number of rotatable bonds is 3. The Morgan fingerprint density at radius 2 is 1.67 bits per heavy atom. The molecule has 21 heavy (non-hydrogen) atoms. The van der Waals surface area contributed by atoms with Crippen LogP contribution in [-0.4, -0.2) is 17.0 Å². The lowest BCUT2D eigenvalue weighted by Gasteiger charge is -2.08. The van der Waals surface area contributed by atoms with Crippen molar-refractivity contribution in [1.82, 2.24) is 0 Å². The molecule has 2 aromatic rings. The fourth-order valence-electron chi connectivity index (χ4n) is 2.30. The largest absolute Gasteiger partial charge is 0.335 e. The number of nitrogens with zero attached hydrogens (tertiary/aromatic N) is 1. The summed E-state index contributed by atoms with van der Waals surface area (Å²) in [6.45, 7) is 4.46. The molecule has 0 saturated carbocycles. The van der Waals surface area contributed by atoms with Crippen molar-refractivity contribution in [1.29, 1.82) is 0 Å². The zero-order valence-corrected chi connectivity index (χ0v) is 13.2. The fourth-order valence-corrected chi connectivity index (χ4v) is 3.49. The summed E-state index contributed by atoms with van der Waals surface area (Å²) in [6.07, 6.45) is 0. The van der Waals surface area contributed by atoms with Crippen LogP contribution in [0.1, 0.15) is 13.8 Å². The van der Waals surface area contributed by atoms with Gasteiger partial charge in [0.2, 0.25) is 0 Å². The van der Waals surface area contributed by atoms with Crippen LogP contribution < -0.4 is 5.32 Å². The number of thioether (sulfide) groups is 1. The van der Waals surface area contributed by atoms with Crippen LogP contribution in [0.5, 0.6) is 0 Å². The molecule has 0 aliphatic carbocycles. The van der Waals surface area contributed by atoms with E-state index in [4.69, 9.17) is 4.99 Å². The summed E-state index contributed by atoms with van der Waals surface area (Å²) in [5, 5.41) is 4.46. The van der Waals surface area contributed by atoms with E-state index in [9.17, 15) is 0 Å². The van der Waals surface area contributed by atoms with Gasteiger partial charge in [0.25, 0.3) is 0 Å². The minimum absolute atomic E-state index is 0.445. The Balaban J connectivity index is 1.70. The van der Waals surface area contributed by atoms with E-state index < -0.39 is 0 Å². The molecule has 0 bridgehead atoms. The highest BCUT2D eigenvalue weighted by atomic mass is 32.2. The van der Waals surface area contributed by atoms with Gasteiger partial charge in [0, 0.05) is 11.4 Å².